The first kappa shape index (κ1) is 9.48. The van der Waals surface area contributed by atoms with E-state index in [1.807, 2.05) is 0 Å². The molecule has 0 amide bonds. The SMILES string of the molecule is NCC1CCOCCC1C(=O)O. The van der Waals surface area contributed by atoms with Crippen molar-refractivity contribution in [1.82, 2.24) is 0 Å². The van der Waals surface area contributed by atoms with E-state index >= 15 is 0 Å². The second-order valence-electron chi connectivity index (χ2n) is 3.13. The lowest BCUT2D eigenvalue weighted by Crippen LogP contribution is -2.29. The number of carbonyl (C=O) groups is 1. The Balaban J connectivity index is 2.57. The molecule has 1 rings (SSSR count). The Morgan fingerprint density at radius 3 is 2.75 bits per heavy atom. The highest BCUT2D eigenvalue weighted by Crippen LogP contribution is 2.22. The molecule has 4 heteroatoms. The van der Waals surface area contributed by atoms with E-state index in [1.165, 1.54) is 0 Å². The Morgan fingerprint density at radius 1 is 1.50 bits per heavy atom. The molecule has 1 aliphatic rings. The van der Waals surface area contributed by atoms with E-state index in [2.05, 4.69) is 0 Å². The fourth-order valence-electron chi connectivity index (χ4n) is 1.59. The summed E-state index contributed by atoms with van der Waals surface area (Å²) in [6.45, 7) is 1.64. The molecule has 70 valence electrons. The molecule has 0 bridgehead atoms. The van der Waals surface area contributed by atoms with Crippen molar-refractivity contribution in [3.05, 3.63) is 0 Å². The second-order valence-corrected chi connectivity index (χ2v) is 3.13. The smallest absolute Gasteiger partial charge is 0.306 e. The Morgan fingerprint density at radius 2 is 2.17 bits per heavy atom. The summed E-state index contributed by atoms with van der Waals surface area (Å²) in [6, 6.07) is 0. The van der Waals surface area contributed by atoms with Crippen LogP contribution < -0.4 is 5.73 Å². The number of hydrogen-bond donors (Lipinski definition) is 2. The minimum Gasteiger partial charge on any atom is -0.481 e. The highest BCUT2D eigenvalue weighted by Gasteiger charge is 2.28. The predicted molar refractivity (Wildman–Crippen MR) is 43.7 cm³/mol. The molecule has 1 aliphatic heterocycles. The highest BCUT2D eigenvalue weighted by atomic mass is 16.5. The molecular formula is C8H15NO3. The zero-order chi connectivity index (χ0) is 8.97. The molecule has 0 spiro atoms. The van der Waals surface area contributed by atoms with Crippen LogP contribution in [-0.2, 0) is 9.53 Å². The third-order valence-corrected chi connectivity index (χ3v) is 2.40. The molecule has 12 heavy (non-hydrogen) atoms. The van der Waals surface area contributed by atoms with E-state index in [0.717, 1.165) is 6.42 Å². The third kappa shape index (κ3) is 2.19. The number of carboxylic acid groups (broad SMARTS) is 1. The van der Waals surface area contributed by atoms with Gasteiger partial charge in [-0.3, -0.25) is 4.79 Å². The van der Waals surface area contributed by atoms with Gasteiger partial charge in [-0.2, -0.15) is 0 Å². The normalized spacial score (nSPS) is 31.1. The first-order chi connectivity index (χ1) is 5.75. The van der Waals surface area contributed by atoms with Crippen molar-refractivity contribution in [2.75, 3.05) is 19.8 Å². The van der Waals surface area contributed by atoms with Crippen LogP contribution in [0.2, 0.25) is 0 Å². The summed E-state index contributed by atoms with van der Waals surface area (Å²) < 4.78 is 5.19. The Kier molecular flexibility index (Phi) is 3.49. The van der Waals surface area contributed by atoms with Crippen LogP contribution in [0.25, 0.3) is 0 Å². The molecule has 1 saturated heterocycles. The lowest BCUT2D eigenvalue weighted by atomic mass is 9.88. The van der Waals surface area contributed by atoms with E-state index < -0.39 is 5.97 Å². The van der Waals surface area contributed by atoms with E-state index in [-0.39, 0.29) is 11.8 Å². The second kappa shape index (κ2) is 4.42. The number of carboxylic acids is 1. The molecule has 2 unspecified atom stereocenters. The van der Waals surface area contributed by atoms with Crippen LogP contribution >= 0.6 is 0 Å². The van der Waals surface area contributed by atoms with Crippen LogP contribution in [0, 0.1) is 11.8 Å². The van der Waals surface area contributed by atoms with Crippen molar-refractivity contribution in [2.45, 2.75) is 12.8 Å². The number of nitrogens with two attached hydrogens (primary N) is 1. The number of rotatable bonds is 2. The molecule has 0 aliphatic carbocycles. The van der Waals surface area contributed by atoms with Crippen LogP contribution in [0.15, 0.2) is 0 Å². The third-order valence-electron chi connectivity index (χ3n) is 2.40. The van der Waals surface area contributed by atoms with Gasteiger partial charge in [-0.1, -0.05) is 0 Å². The number of aliphatic carboxylic acids is 1. The molecule has 2 atom stereocenters. The highest BCUT2D eigenvalue weighted by molar-refractivity contribution is 5.70. The minimum absolute atomic E-state index is 0.0880. The summed E-state index contributed by atoms with van der Waals surface area (Å²) in [6.07, 6.45) is 1.37. The van der Waals surface area contributed by atoms with Crippen LogP contribution in [0.5, 0.6) is 0 Å². The van der Waals surface area contributed by atoms with E-state index in [9.17, 15) is 4.79 Å². The average Bonchev–Trinajstić information content (AvgIpc) is 2.27. The van der Waals surface area contributed by atoms with Crippen molar-refractivity contribution in [2.24, 2.45) is 17.6 Å². The van der Waals surface area contributed by atoms with E-state index in [0.29, 0.717) is 26.2 Å². The van der Waals surface area contributed by atoms with Crippen molar-refractivity contribution >= 4 is 5.97 Å². The van der Waals surface area contributed by atoms with Crippen molar-refractivity contribution in [3.8, 4) is 0 Å². The van der Waals surface area contributed by atoms with Crippen LogP contribution in [0.4, 0.5) is 0 Å². The van der Waals surface area contributed by atoms with Gasteiger partial charge in [0.1, 0.15) is 0 Å². The fraction of sp³-hybridized carbons (Fsp3) is 0.875. The fourth-order valence-corrected chi connectivity index (χ4v) is 1.59. The van der Waals surface area contributed by atoms with Crippen LogP contribution in [-0.4, -0.2) is 30.8 Å². The first-order valence-electron chi connectivity index (χ1n) is 4.26. The van der Waals surface area contributed by atoms with E-state index in [1.54, 1.807) is 0 Å². The maximum Gasteiger partial charge on any atom is 0.306 e. The molecule has 3 N–H and O–H groups in total. The first-order valence-corrected chi connectivity index (χ1v) is 4.26. The van der Waals surface area contributed by atoms with Gasteiger partial charge in [-0.15, -0.1) is 0 Å². The molecule has 1 fully saturated rings. The van der Waals surface area contributed by atoms with Crippen molar-refractivity contribution in [3.63, 3.8) is 0 Å². The summed E-state index contributed by atoms with van der Waals surface area (Å²) in [5.74, 6) is -0.960. The Bertz CT molecular complexity index is 160. The monoisotopic (exact) mass is 173 g/mol. The van der Waals surface area contributed by atoms with Gasteiger partial charge < -0.3 is 15.6 Å². The lowest BCUT2D eigenvalue weighted by molar-refractivity contribution is -0.143. The Hall–Kier alpha value is -0.610. The molecule has 0 aromatic heterocycles. The van der Waals surface area contributed by atoms with Gasteiger partial charge in [-0.05, 0) is 25.3 Å². The zero-order valence-electron chi connectivity index (χ0n) is 7.03. The van der Waals surface area contributed by atoms with Crippen LogP contribution in [0.1, 0.15) is 12.8 Å². The Labute approximate surface area is 71.7 Å². The summed E-state index contributed by atoms with van der Waals surface area (Å²) in [4.78, 5) is 10.8. The zero-order valence-corrected chi connectivity index (χ0v) is 7.03. The average molecular weight is 173 g/mol. The molecular weight excluding hydrogens is 158 g/mol. The van der Waals surface area contributed by atoms with Gasteiger partial charge in [0.05, 0.1) is 5.92 Å². The standard InChI is InChI=1S/C8H15NO3/c9-5-6-1-3-12-4-2-7(6)8(10)11/h6-7H,1-5,9H2,(H,10,11). The van der Waals surface area contributed by atoms with Gasteiger partial charge in [-0.25, -0.2) is 0 Å². The molecule has 0 aromatic carbocycles. The van der Waals surface area contributed by atoms with Gasteiger partial charge in [0.15, 0.2) is 0 Å². The topological polar surface area (TPSA) is 72.5 Å². The van der Waals surface area contributed by atoms with Gasteiger partial charge in [0, 0.05) is 13.2 Å². The number of hydrogen-bond acceptors (Lipinski definition) is 3. The largest absolute Gasteiger partial charge is 0.481 e. The number of ether oxygens (including phenoxy) is 1. The van der Waals surface area contributed by atoms with Gasteiger partial charge in [0.2, 0.25) is 0 Å². The molecule has 1 heterocycles. The summed E-state index contributed by atoms with van der Waals surface area (Å²) in [7, 11) is 0. The van der Waals surface area contributed by atoms with Gasteiger partial charge in [0.25, 0.3) is 0 Å². The van der Waals surface area contributed by atoms with Crippen molar-refractivity contribution < 1.29 is 14.6 Å². The molecule has 0 saturated carbocycles. The van der Waals surface area contributed by atoms with Crippen LogP contribution in [0.3, 0.4) is 0 Å². The maximum atomic E-state index is 10.8. The summed E-state index contributed by atoms with van der Waals surface area (Å²) in [5.41, 5.74) is 5.48. The van der Waals surface area contributed by atoms with Gasteiger partial charge >= 0.3 is 5.97 Å². The summed E-state index contributed by atoms with van der Waals surface area (Å²) >= 11 is 0. The molecule has 0 radical (unpaired) electrons. The predicted octanol–water partition coefficient (Wildman–Crippen LogP) is 0.0725. The van der Waals surface area contributed by atoms with Crippen molar-refractivity contribution in [1.29, 1.82) is 0 Å². The minimum atomic E-state index is -0.740. The molecule has 0 aromatic rings. The maximum absolute atomic E-state index is 10.8. The molecule has 4 nitrogen and oxygen atoms in total. The summed E-state index contributed by atoms with van der Waals surface area (Å²) in [5, 5.41) is 8.85. The quantitative estimate of drug-likeness (QED) is 0.620. The van der Waals surface area contributed by atoms with E-state index in [4.69, 9.17) is 15.6 Å². The lowest BCUT2D eigenvalue weighted by Gasteiger charge is -2.17.